The molecule has 0 spiro atoms. The van der Waals surface area contributed by atoms with E-state index >= 15 is 0 Å². The number of aromatic amines is 1. The van der Waals surface area contributed by atoms with Crippen LogP contribution in [-0.2, 0) is 4.74 Å². The summed E-state index contributed by atoms with van der Waals surface area (Å²) in [6.07, 6.45) is 11.0. The number of carbonyl (C=O) groups is 1. The van der Waals surface area contributed by atoms with E-state index in [2.05, 4.69) is 62.7 Å². The minimum Gasteiger partial charge on any atom is -0.465 e. The molecular weight excluding hydrogens is 452 g/mol. The zero-order chi connectivity index (χ0) is 25.2. The average molecular weight is 489 g/mol. The van der Waals surface area contributed by atoms with Crippen molar-refractivity contribution in [2.45, 2.75) is 44.6 Å². The van der Waals surface area contributed by atoms with Gasteiger partial charge in [-0.25, -0.2) is 14.8 Å². The highest BCUT2D eigenvalue weighted by Crippen LogP contribution is 2.38. The Morgan fingerprint density at radius 1 is 1.11 bits per heavy atom. The number of anilines is 1. The molecule has 0 atom stereocenters. The van der Waals surface area contributed by atoms with Crippen LogP contribution in [0.2, 0.25) is 0 Å². The molecule has 0 bridgehead atoms. The highest BCUT2D eigenvalue weighted by Gasteiger charge is 2.24. The van der Waals surface area contributed by atoms with Gasteiger partial charge in [0.05, 0.1) is 47.5 Å². The van der Waals surface area contributed by atoms with Gasteiger partial charge >= 0.3 is 5.97 Å². The predicted octanol–water partition coefficient (Wildman–Crippen LogP) is 5.26. The summed E-state index contributed by atoms with van der Waals surface area (Å²) in [6.45, 7) is 1.78. The van der Waals surface area contributed by atoms with Crippen molar-refractivity contribution < 1.29 is 9.53 Å². The van der Waals surface area contributed by atoms with Crippen molar-refractivity contribution in [3.8, 4) is 11.1 Å². The molecular formula is C28H36N6O2. The van der Waals surface area contributed by atoms with Gasteiger partial charge in [0.1, 0.15) is 5.56 Å². The van der Waals surface area contributed by atoms with Gasteiger partial charge in [0.15, 0.2) is 0 Å². The topological polar surface area (TPSA) is 79.3 Å². The molecule has 1 aliphatic rings. The molecule has 4 aromatic rings. The Kier molecular flexibility index (Phi) is 6.96. The van der Waals surface area contributed by atoms with Gasteiger partial charge in [-0.05, 0) is 63.7 Å². The van der Waals surface area contributed by atoms with Gasteiger partial charge in [-0.3, -0.25) is 0 Å². The third kappa shape index (κ3) is 4.57. The first kappa shape index (κ1) is 24.3. The van der Waals surface area contributed by atoms with Gasteiger partial charge in [0.2, 0.25) is 0 Å². The molecule has 2 heterocycles. The number of esters is 1. The normalized spacial score (nSPS) is 14.7. The molecule has 0 amide bonds. The minimum atomic E-state index is -0.369. The summed E-state index contributed by atoms with van der Waals surface area (Å²) >= 11 is 0. The summed E-state index contributed by atoms with van der Waals surface area (Å²) in [7, 11) is 7.59. The van der Waals surface area contributed by atoms with E-state index in [1.807, 2.05) is 13.4 Å². The summed E-state index contributed by atoms with van der Waals surface area (Å²) in [5.74, 6) is -0.369. The monoisotopic (exact) mass is 488 g/mol. The van der Waals surface area contributed by atoms with Crippen LogP contribution in [0.15, 0.2) is 36.9 Å². The second kappa shape index (κ2) is 10.3. The van der Waals surface area contributed by atoms with Crippen LogP contribution >= 0.6 is 0 Å². The highest BCUT2D eigenvalue weighted by molar-refractivity contribution is 6.11. The van der Waals surface area contributed by atoms with Crippen molar-refractivity contribution in [3.63, 3.8) is 0 Å². The SMILES string of the molecule is COC(=O)c1c(N(C)CCCN(C)C)cc(-c2ccc3c(c2)ncn3C2CCCCC2)c2nc[nH]c12. The molecule has 1 fully saturated rings. The summed E-state index contributed by atoms with van der Waals surface area (Å²) in [4.78, 5) is 29.8. The zero-order valence-corrected chi connectivity index (χ0v) is 21.8. The Hall–Kier alpha value is -3.39. The van der Waals surface area contributed by atoms with Crippen LogP contribution in [-0.4, -0.2) is 71.7 Å². The molecule has 1 saturated carbocycles. The van der Waals surface area contributed by atoms with Crippen molar-refractivity contribution in [1.29, 1.82) is 0 Å². The average Bonchev–Trinajstić information content (AvgIpc) is 3.54. The van der Waals surface area contributed by atoms with Crippen molar-refractivity contribution in [2.24, 2.45) is 0 Å². The number of aromatic nitrogens is 4. The first-order chi connectivity index (χ1) is 17.5. The first-order valence-corrected chi connectivity index (χ1v) is 12.9. The predicted molar refractivity (Wildman–Crippen MR) is 145 cm³/mol. The number of rotatable bonds is 8. The van der Waals surface area contributed by atoms with Gasteiger partial charge in [-0.15, -0.1) is 0 Å². The van der Waals surface area contributed by atoms with E-state index in [0.29, 0.717) is 17.1 Å². The first-order valence-electron chi connectivity index (χ1n) is 12.9. The van der Waals surface area contributed by atoms with Crippen LogP contribution in [0, 0.1) is 0 Å². The maximum Gasteiger partial charge on any atom is 0.342 e. The van der Waals surface area contributed by atoms with Crippen LogP contribution in [0.4, 0.5) is 5.69 Å². The Labute approximate surface area is 212 Å². The van der Waals surface area contributed by atoms with Gasteiger partial charge in [-0.2, -0.15) is 0 Å². The number of ether oxygens (including phenoxy) is 1. The Morgan fingerprint density at radius 3 is 2.67 bits per heavy atom. The van der Waals surface area contributed by atoms with Crippen LogP contribution in [0.25, 0.3) is 33.2 Å². The van der Waals surface area contributed by atoms with E-state index in [9.17, 15) is 4.79 Å². The summed E-state index contributed by atoms with van der Waals surface area (Å²) in [6, 6.07) is 9.09. The third-order valence-electron chi connectivity index (χ3n) is 7.44. The molecule has 0 aliphatic heterocycles. The van der Waals surface area contributed by atoms with E-state index in [-0.39, 0.29) is 5.97 Å². The number of fused-ring (bicyclic) bond motifs is 2. The molecule has 8 nitrogen and oxygen atoms in total. The molecule has 0 unspecified atom stereocenters. The van der Waals surface area contributed by atoms with Crippen LogP contribution < -0.4 is 4.90 Å². The van der Waals surface area contributed by atoms with Crippen LogP contribution in [0.1, 0.15) is 54.9 Å². The molecule has 8 heteroatoms. The molecule has 2 aromatic heterocycles. The number of imidazole rings is 2. The number of benzene rings is 2. The third-order valence-corrected chi connectivity index (χ3v) is 7.44. The van der Waals surface area contributed by atoms with E-state index in [0.717, 1.165) is 47.4 Å². The van der Waals surface area contributed by atoms with Gasteiger partial charge < -0.3 is 24.1 Å². The van der Waals surface area contributed by atoms with Crippen LogP contribution in [0.3, 0.4) is 0 Å². The number of nitrogens with one attached hydrogen (secondary N) is 1. The lowest BCUT2D eigenvalue weighted by molar-refractivity contribution is 0.0603. The summed E-state index contributed by atoms with van der Waals surface area (Å²) in [5.41, 5.74) is 6.98. The zero-order valence-electron chi connectivity index (χ0n) is 21.8. The molecule has 0 saturated heterocycles. The second-order valence-corrected chi connectivity index (χ2v) is 10.2. The maximum absolute atomic E-state index is 12.9. The largest absolute Gasteiger partial charge is 0.465 e. The molecule has 5 rings (SSSR count). The number of carbonyl (C=O) groups excluding carboxylic acids is 1. The lowest BCUT2D eigenvalue weighted by atomic mass is 9.95. The molecule has 1 aliphatic carbocycles. The molecule has 190 valence electrons. The van der Waals surface area contributed by atoms with E-state index in [1.165, 1.54) is 44.7 Å². The number of hydrogen-bond acceptors (Lipinski definition) is 6. The molecule has 36 heavy (non-hydrogen) atoms. The molecule has 0 radical (unpaired) electrons. The molecule has 2 aromatic carbocycles. The van der Waals surface area contributed by atoms with Crippen molar-refractivity contribution >= 4 is 33.7 Å². The fourth-order valence-electron chi connectivity index (χ4n) is 5.52. The lowest BCUT2D eigenvalue weighted by Crippen LogP contribution is -2.25. The second-order valence-electron chi connectivity index (χ2n) is 10.2. The molecule has 1 N–H and O–H groups in total. The number of nitrogens with zero attached hydrogens (tertiary/aromatic N) is 5. The fourth-order valence-corrected chi connectivity index (χ4v) is 5.52. The van der Waals surface area contributed by atoms with E-state index < -0.39 is 0 Å². The van der Waals surface area contributed by atoms with Gasteiger partial charge in [0.25, 0.3) is 0 Å². The fraction of sp³-hybridized carbons (Fsp3) is 0.464. The van der Waals surface area contributed by atoms with Gasteiger partial charge in [0, 0.05) is 25.2 Å². The smallest absolute Gasteiger partial charge is 0.342 e. The highest BCUT2D eigenvalue weighted by atomic mass is 16.5. The number of hydrogen-bond donors (Lipinski definition) is 1. The number of methoxy groups -OCH3 is 1. The summed E-state index contributed by atoms with van der Waals surface area (Å²) < 4.78 is 7.53. The van der Waals surface area contributed by atoms with Crippen molar-refractivity contribution in [3.05, 3.63) is 42.5 Å². The van der Waals surface area contributed by atoms with Crippen molar-refractivity contribution in [1.82, 2.24) is 24.4 Å². The van der Waals surface area contributed by atoms with Crippen LogP contribution in [0.5, 0.6) is 0 Å². The number of H-pyrrole nitrogens is 1. The Morgan fingerprint density at radius 2 is 1.92 bits per heavy atom. The standard InChI is InChI=1S/C28H36N6O2/c1-32(2)13-8-14-33(3)24-16-21(26-27(30-17-29-26)25(24)28(35)36-4)19-11-12-23-22(15-19)31-18-34(23)20-9-6-5-7-10-20/h11-12,15-18,20H,5-10,13-14H2,1-4H3,(H,29,30). The van der Waals surface area contributed by atoms with E-state index in [4.69, 9.17) is 9.72 Å². The van der Waals surface area contributed by atoms with E-state index in [1.54, 1.807) is 6.33 Å². The quantitative estimate of drug-likeness (QED) is 0.341. The van der Waals surface area contributed by atoms with Crippen molar-refractivity contribution in [2.75, 3.05) is 46.2 Å². The minimum absolute atomic E-state index is 0.369. The lowest BCUT2D eigenvalue weighted by Gasteiger charge is -2.24. The van der Waals surface area contributed by atoms with Gasteiger partial charge in [-0.1, -0.05) is 25.3 Å². The summed E-state index contributed by atoms with van der Waals surface area (Å²) in [5, 5.41) is 0. The Bertz CT molecular complexity index is 1370. The maximum atomic E-state index is 12.9. The Balaban J connectivity index is 1.58.